The maximum absolute atomic E-state index is 11.8. The molecule has 1 aromatic rings. The number of sulfonamides is 1. The van der Waals surface area contributed by atoms with Crippen LogP contribution < -0.4 is 4.72 Å². The first-order chi connectivity index (χ1) is 10.5. The van der Waals surface area contributed by atoms with Crippen LogP contribution in [0.5, 0.6) is 0 Å². The molecule has 0 saturated carbocycles. The van der Waals surface area contributed by atoms with Crippen LogP contribution in [0.4, 0.5) is 0 Å². The zero-order chi connectivity index (χ0) is 16.0. The molecule has 2 unspecified atom stereocenters. The number of hydrogen-bond acceptors (Lipinski definition) is 5. The number of halogens is 1. The van der Waals surface area contributed by atoms with Gasteiger partial charge in [-0.2, -0.15) is 0 Å². The largest absolute Gasteiger partial charge is 0.387 e. The topological polar surface area (TPSA) is 84.9 Å². The van der Waals surface area contributed by atoms with Crippen molar-refractivity contribution in [3.05, 3.63) is 34.9 Å². The van der Waals surface area contributed by atoms with Crippen molar-refractivity contribution in [1.82, 2.24) is 4.72 Å². The molecule has 1 heterocycles. The van der Waals surface area contributed by atoms with Crippen LogP contribution in [0.1, 0.15) is 18.1 Å². The molecule has 0 aromatic heterocycles. The Hall–Kier alpha value is -0.700. The van der Waals surface area contributed by atoms with Crippen molar-refractivity contribution in [3.63, 3.8) is 0 Å². The van der Waals surface area contributed by atoms with Crippen LogP contribution in [0, 0.1) is 0 Å². The second-order valence-electron chi connectivity index (χ2n) is 5.09. The van der Waals surface area contributed by atoms with E-state index in [4.69, 9.17) is 21.1 Å². The Kier molecular flexibility index (Phi) is 6.61. The maximum atomic E-state index is 11.8. The van der Waals surface area contributed by atoms with Gasteiger partial charge in [0.05, 0.1) is 31.2 Å². The van der Waals surface area contributed by atoms with Gasteiger partial charge in [-0.25, -0.2) is 13.1 Å². The molecule has 124 valence electrons. The number of ether oxygens (including phenoxy) is 2. The molecule has 8 heteroatoms. The molecule has 2 rings (SSSR count). The second-order valence-corrected chi connectivity index (χ2v) is 7.45. The van der Waals surface area contributed by atoms with Crippen molar-refractivity contribution < 1.29 is 23.0 Å². The summed E-state index contributed by atoms with van der Waals surface area (Å²) in [6, 6.07) is 6.60. The van der Waals surface area contributed by atoms with E-state index in [0.717, 1.165) is 6.42 Å². The van der Waals surface area contributed by atoms with E-state index in [0.29, 0.717) is 23.8 Å². The first-order valence-electron chi connectivity index (χ1n) is 7.06. The molecule has 0 radical (unpaired) electrons. The van der Waals surface area contributed by atoms with E-state index < -0.39 is 16.1 Å². The van der Waals surface area contributed by atoms with Crippen LogP contribution in [0.15, 0.2) is 24.3 Å². The van der Waals surface area contributed by atoms with Crippen molar-refractivity contribution in [2.24, 2.45) is 0 Å². The number of nitrogens with one attached hydrogen (secondary N) is 1. The van der Waals surface area contributed by atoms with E-state index in [1.54, 1.807) is 24.3 Å². The van der Waals surface area contributed by atoms with E-state index in [-0.39, 0.29) is 25.0 Å². The van der Waals surface area contributed by atoms with Gasteiger partial charge in [-0.15, -0.1) is 0 Å². The number of hydrogen-bond donors (Lipinski definition) is 2. The van der Waals surface area contributed by atoms with Crippen molar-refractivity contribution in [2.45, 2.75) is 18.6 Å². The van der Waals surface area contributed by atoms with Gasteiger partial charge in [-0.3, -0.25) is 0 Å². The summed E-state index contributed by atoms with van der Waals surface area (Å²) in [5.74, 6) is -0.142. The van der Waals surface area contributed by atoms with Gasteiger partial charge in [0, 0.05) is 18.2 Å². The van der Waals surface area contributed by atoms with Crippen LogP contribution in [-0.2, 0) is 19.5 Å². The molecular weight excluding hydrogens is 330 g/mol. The number of aliphatic hydroxyl groups is 1. The molecule has 0 amide bonds. The average molecular weight is 350 g/mol. The third-order valence-electron chi connectivity index (χ3n) is 3.34. The normalized spacial score (nSPS) is 20.2. The Balaban J connectivity index is 1.72. The summed E-state index contributed by atoms with van der Waals surface area (Å²) in [7, 11) is -3.49. The van der Waals surface area contributed by atoms with Crippen molar-refractivity contribution in [1.29, 1.82) is 0 Å². The predicted molar refractivity (Wildman–Crippen MR) is 83.4 cm³/mol. The first-order valence-corrected chi connectivity index (χ1v) is 9.09. The highest BCUT2D eigenvalue weighted by Gasteiger charge is 2.18. The van der Waals surface area contributed by atoms with E-state index in [9.17, 15) is 13.5 Å². The molecule has 1 aliphatic rings. The zero-order valence-electron chi connectivity index (χ0n) is 12.1. The molecule has 2 atom stereocenters. The lowest BCUT2D eigenvalue weighted by Crippen LogP contribution is -2.32. The van der Waals surface area contributed by atoms with E-state index >= 15 is 0 Å². The summed E-state index contributed by atoms with van der Waals surface area (Å²) < 4.78 is 36.6. The minimum absolute atomic E-state index is 0.0187. The lowest BCUT2D eigenvalue weighted by molar-refractivity contribution is 0.0518. The van der Waals surface area contributed by atoms with Crippen LogP contribution in [0.3, 0.4) is 0 Å². The highest BCUT2D eigenvalue weighted by molar-refractivity contribution is 7.89. The minimum Gasteiger partial charge on any atom is -0.387 e. The van der Waals surface area contributed by atoms with Gasteiger partial charge in [0.2, 0.25) is 10.0 Å². The lowest BCUT2D eigenvalue weighted by atomic mass is 10.1. The van der Waals surface area contributed by atoms with Crippen LogP contribution in [-0.4, -0.2) is 51.7 Å². The summed E-state index contributed by atoms with van der Waals surface area (Å²) in [6.45, 7) is 1.20. The highest BCUT2D eigenvalue weighted by Crippen LogP contribution is 2.16. The Labute approximate surface area is 135 Å². The van der Waals surface area contributed by atoms with E-state index in [1.165, 1.54) is 0 Å². The van der Waals surface area contributed by atoms with Gasteiger partial charge >= 0.3 is 0 Å². The number of benzene rings is 1. The Morgan fingerprint density at radius 1 is 1.41 bits per heavy atom. The zero-order valence-corrected chi connectivity index (χ0v) is 13.6. The smallest absolute Gasteiger partial charge is 0.213 e. The molecule has 1 fully saturated rings. The lowest BCUT2D eigenvalue weighted by Gasteiger charge is -2.14. The molecule has 1 saturated heterocycles. The number of rotatable bonds is 8. The van der Waals surface area contributed by atoms with Gasteiger partial charge in [-0.05, 0) is 24.1 Å². The molecule has 0 spiro atoms. The van der Waals surface area contributed by atoms with Crippen LogP contribution in [0.25, 0.3) is 0 Å². The molecule has 2 N–H and O–H groups in total. The van der Waals surface area contributed by atoms with E-state index in [1.807, 2.05) is 0 Å². The van der Waals surface area contributed by atoms with Crippen molar-refractivity contribution in [3.8, 4) is 0 Å². The summed E-state index contributed by atoms with van der Waals surface area (Å²) >= 11 is 5.76. The molecule has 6 nitrogen and oxygen atoms in total. The molecular formula is C14H20ClNO5S. The Bertz CT molecular complexity index is 557. The fourth-order valence-electron chi connectivity index (χ4n) is 2.05. The molecule has 0 aliphatic carbocycles. The Morgan fingerprint density at radius 3 is 2.77 bits per heavy atom. The quantitative estimate of drug-likeness (QED) is 0.734. The third-order valence-corrected chi connectivity index (χ3v) is 4.91. The first kappa shape index (κ1) is 17.7. The van der Waals surface area contributed by atoms with Crippen LogP contribution >= 0.6 is 11.6 Å². The third kappa shape index (κ3) is 5.83. The summed E-state index contributed by atoms with van der Waals surface area (Å²) in [5.41, 5.74) is 0.603. The fraction of sp³-hybridized carbons (Fsp3) is 0.571. The van der Waals surface area contributed by atoms with Gasteiger partial charge in [0.25, 0.3) is 0 Å². The second kappa shape index (κ2) is 8.24. The summed E-state index contributed by atoms with van der Waals surface area (Å²) in [5, 5.41) is 10.5. The van der Waals surface area contributed by atoms with Crippen molar-refractivity contribution >= 4 is 21.6 Å². The average Bonchev–Trinajstić information content (AvgIpc) is 2.99. The molecule has 1 aromatic carbocycles. The molecule has 0 bridgehead atoms. The van der Waals surface area contributed by atoms with Gasteiger partial charge in [0.15, 0.2) is 0 Å². The summed E-state index contributed by atoms with van der Waals surface area (Å²) in [6.07, 6.45) is -0.144. The minimum atomic E-state index is -3.49. The van der Waals surface area contributed by atoms with Crippen LogP contribution in [0.2, 0.25) is 5.02 Å². The summed E-state index contributed by atoms with van der Waals surface area (Å²) in [4.78, 5) is 0. The maximum Gasteiger partial charge on any atom is 0.213 e. The molecule has 1 aliphatic heterocycles. The fourth-order valence-corrected chi connectivity index (χ4v) is 3.05. The highest BCUT2D eigenvalue weighted by atomic mass is 35.5. The predicted octanol–water partition coefficient (Wildman–Crippen LogP) is 1.10. The van der Waals surface area contributed by atoms with E-state index in [2.05, 4.69) is 4.72 Å². The monoisotopic (exact) mass is 349 g/mol. The van der Waals surface area contributed by atoms with Gasteiger partial charge in [-0.1, -0.05) is 23.7 Å². The molecule has 22 heavy (non-hydrogen) atoms. The van der Waals surface area contributed by atoms with Gasteiger partial charge in [0.1, 0.15) is 0 Å². The SMILES string of the molecule is O=S(=O)(CCOC1CCOC1)NCC(O)c1ccc(Cl)cc1. The Morgan fingerprint density at radius 2 is 2.14 bits per heavy atom. The van der Waals surface area contributed by atoms with Gasteiger partial charge < -0.3 is 14.6 Å². The van der Waals surface area contributed by atoms with Crippen molar-refractivity contribution in [2.75, 3.05) is 32.1 Å². The standard InChI is InChI=1S/C14H20ClNO5S/c15-12-3-1-11(2-4-12)14(17)9-16-22(18,19)8-7-21-13-5-6-20-10-13/h1-4,13-14,16-17H,5-10H2. The number of aliphatic hydroxyl groups excluding tert-OH is 1.